The van der Waals surface area contributed by atoms with Crippen LogP contribution in [0.15, 0.2) is 0 Å². The summed E-state index contributed by atoms with van der Waals surface area (Å²) in [7, 11) is 0. The zero-order valence-corrected chi connectivity index (χ0v) is 10.3. The van der Waals surface area contributed by atoms with Crippen molar-refractivity contribution in [3.8, 4) is 0 Å². The fourth-order valence-corrected chi connectivity index (χ4v) is 0. The molecule has 0 aliphatic carbocycles. The molecule has 7 heavy (non-hydrogen) atoms. The van der Waals surface area contributed by atoms with Crippen LogP contribution in [0.4, 0.5) is 0 Å². The van der Waals surface area contributed by atoms with Gasteiger partial charge in [0.05, 0.1) is 0 Å². The third-order valence-corrected chi connectivity index (χ3v) is 0. The van der Waals surface area contributed by atoms with Crippen molar-refractivity contribution in [3.05, 3.63) is 0 Å². The van der Waals surface area contributed by atoms with E-state index in [0.29, 0.717) is 0 Å². The second-order valence-corrected chi connectivity index (χ2v) is 1.56. The molecular weight excluding hydrogens is 448 g/mol. The molecule has 0 aliphatic heterocycles. The minimum absolute atomic E-state index is 0. The molecule has 0 aliphatic rings. The van der Waals surface area contributed by atoms with Crippen molar-refractivity contribution in [2.24, 2.45) is 0 Å². The van der Waals surface area contributed by atoms with E-state index < -0.39 is 13.4 Å². The third-order valence-electron chi connectivity index (χ3n) is 0. The average Bonchev–Trinajstić information content (AvgIpc) is 0.722. The monoisotopic (exact) mass is 450 g/mol. The molecule has 0 radical (unpaired) electrons. The van der Waals surface area contributed by atoms with Gasteiger partial charge in [0.15, 0.2) is 0 Å². The van der Waals surface area contributed by atoms with Gasteiger partial charge in [0.25, 0.3) is 0 Å². The van der Waals surface area contributed by atoms with Crippen LogP contribution >= 0.6 is 0 Å². The van der Waals surface area contributed by atoms with Crippen molar-refractivity contribution in [1.82, 2.24) is 0 Å². The van der Waals surface area contributed by atoms with Crippen LogP contribution in [0.2, 0.25) is 0 Å². The molecule has 0 fully saturated rings. The van der Waals surface area contributed by atoms with E-state index in [-0.39, 0.29) is 55.4 Å². The number of hydrogen-bond acceptors (Lipinski definition) is 4. The summed E-state index contributed by atoms with van der Waals surface area (Å²) >= 11 is -5.62. The van der Waals surface area contributed by atoms with Crippen LogP contribution in [0.1, 0.15) is 0 Å². The van der Waals surface area contributed by atoms with Crippen LogP contribution in [-0.4, -0.2) is 0 Å². The van der Waals surface area contributed by atoms with Crippen molar-refractivity contribution < 1.29 is 84.8 Å². The van der Waals surface area contributed by atoms with E-state index in [1.165, 1.54) is 0 Å². The molecule has 0 heterocycles. The van der Waals surface area contributed by atoms with Gasteiger partial charge in [-0.05, 0) is 0 Å². The predicted octanol–water partition coefficient (Wildman–Crippen LogP) is -2.62. The molecule has 4 nitrogen and oxygen atoms in total. The average molecular weight is 448 g/mol. The molecule has 0 aromatic heterocycles. The fourth-order valence-electron chi connectivity index (χ4n) is 0. The van der Waals surface area contributed by atoms with E-state index in [1.807, 2.05) is 0 Å². The van der Waals surface area contributed by atoms with E-state index >= 15 is 0 Å². The summed E-state index contributed by atoms with van der Waals surface area (Å²) in [5.74, 6) is 0. The summed E-state index contributed by atoms with van der Waals surface area (Å²) in [6.07, 6.45) is 0. The van der Waals surface area contributed by atoms with Gasteiger partial charge in [-0.2, -0.15) is 0 Å². The van der Waals surface area contributed by atoms with Crippen molar-refractivity contribution >= 4 is 0 Å². The molecule has 0 aromatic rings. The summed E-state index contributed by atoms with van der Waals surface area (Å²) in [5.41, 5.74) is 0. The maximum Gasteiger partial charge on any atom is 4.00 e. The van der Waals surface area contributed by atoms with Gasteiger partial charge in [-0.1, -0.05) is 0 Å². The Morgan fingerprint density at radius 3 is 1.14 bits per heavy atom. The smallest absolute Gasteiger partial charge is 4.00 e. The van der Waals surface area contributed by atoms with Crippen LogP contribution in [0.5, 0.6) is 0 Å². The number of hydrogen-bond donors (Lipinski definition) is 0. The van der Waals surface area contributed by atoms with Crippen LogP contribution in [-0.2, 0) is 40.8 Å². The van der Waals surface area contributed by atoms with Gasteiger partial charge in [-0.15, -0.1) is 0 Å². The molecule has 0 saturated heterocycles. The zero-order valence-electron chi connectivity index (χ0n) is 2.94. The van der Waals surface area contributed by atoms with Crippen LogP contribution in [0, 0.1) is 35.6 Å². The Morgan fingerprint density at radius 2 is 1.14 bits per heavy atom. The summed E-state index contributed by atoms with van der Waals surface area (Å²) in [5, 5.41) is 0. The normalized spacial score (nSPS) is 8.29. The molecule has 0 saturated carbocycles. The third kappa shape index (κ3) is 77.5. The van der Waals surface area contributed by atoms with Gasteiger partial charge in [-0.25, -0.2) is 0 Å². The molecule has 7 heteroatoms. The molecule has 0 rings (SSSR count). The molecule has 0 atom stereocenters. The molecule has 0 aromatic carbocycles. The summed E-state index contributed by atoms with van der Waals surface area (Å²) < 4.78 is 34.3. The fraction of sp³-hybridized carbons (Fsp3) is 0. The SMILES string of the molecule is [La+3].[O]=[Mn](=[O])([O-])[O-].[Os+4]. The van der Waals surface area contributed by atoms with Crippen molar-refractivity contribution in [3.63, 3.8) is 0 Å². The van der Waals surface area contributed by atoms with Gasteiger partial charge in [-0.3, -0.25) is 0 Å². The van der Waals surface area contributed by atoms with Crippen molar-refractivity contribution in [1.29, 1.82) is 0 Å². The Kier molecular flexibility index (Phi) is 13.7. The van der Waals surface area contributed by atoms with Crippen LogP contribution < -0.4 is 8.38 Å². The van der Waals surface area contributed by atoms with Crippen molar-refractivity contribution in [2.75, 3.05) is 0 Å². The van der Waals surface area contributed by atoms with Gasteiger partial charge in [0.1, 0.15) is 0 Å². The summed E-state index contributed by atoms with van der Waals surface area (Å²) in [6.45, 7) is 0. The van der Waals surface area contributed by atoms with Gasteiger partial charge in [0.2, 0.25) is 0 Å². The molecule has 0 N–H and O–H groups in total. The maximum absolute atomic E-state index is 8.58. The second kappa shape index (κ2) is 6.00. The molecule has 0 bridgehead atoms. The summed E-state index contributed by atoms with van der Waals surface area (Å²) in [6, 6.07) is 0. The van der Waals surface area contributed by atoms with Crippen LogP contribution in [0.25, 0.3) is 0 Å². The molecule has 37 valence electrons. The molecule has 0 amide bonds. The quantitative estimate of drug-likeness (QED) is 0.381. The largest absolute Gasteiger partial charge is 4.00 e. The standard InChI is InChI=1S/La.Mn.4O.Os/q+3;;;;2*-1;+4. The van der Waals surface area contributed by atoms with Crippen LogP contribution in [0.3, 0.4) is 0 Å². The molecule has 0 spiro atoms. The zero-order chi connectivity index (χ0) is 4.50. The number of rotatable bonds is 0. The minimum Gasteiger partial charge on any atom is 4.00 e. The van der Waals surface area contributed by atoms with E-state index in [9.17, 15) is 0 Å². The first-order valence-electron chi connectivity index (χ1n) is 0.617. The second-order valence-electron chi connectivity index (χ2n) is 0.378. The van der Waals surface area contributed by atoms with E-state index in [0.717, 1.165) is 0 Å². The Hall–Kier alpha value is 1.87. The maximum atomic E-state index is 8.58. The first-order valence-corrected chi connectivity index (χ1v) is 2.54. The molecular formula is LaMnO4Os+5. The Balaban J connectivity index is -0.0000000800. The van der Waals surface area contributed by atoms with Gasteiger partial charge >= 0.3 is 84.8 Å². The minimum atomic E-state index is -5.62. The van der Waals surface area contributed by atoms with Crippen molar-refractivity contribution in [2.45, 2.75) is 0 Å². The topological polar surface area (TPSA) is 80.3 Å². The first kappa shape index (κ1) is 15.9. The Labute approximate surface area is 83.6 Å². The first-order chi connectivity index (χ1) is 2.00. The predicted molar refractivity (Wildman–Crippen MR) is 1.37 cm³/mol. The van der Waals surface area contributed by atoms with Gasteiger partial charge in [0, 0.05) is 0 Å². The van der Waals surface area contributed by atoms with E-state index in [4.69, 9.17) is 16.0 Å². The Morgan fingerprint density at radius 1 is 1.14 bits per heavy atom. The van der Waals surface area contributed by atoms with E-state index in [1.54, 1.807) is 0 Å². The molecule has 0 unspecified atom stereocenters. The van der Waals surface area contributed by atoms with E-state index in [2.05, 4.69) is 0 Å². The summed E-state index contributed by atoms with van der Waals surface area (Å²) in [4.78, 5) is 0. The Bertz CT molecular complexity index is 94.9. The van der Waals surface area contributed by atoms with Gasteiger partial charge < -0.3 is 0 Å².